The molecule has 1 aromatic carbocycles. The van der Waals surface area contributed by atoms with Crippen LogP contribution in [-0.4, -0.2) is 30.4 Å². The molecule has 0 spiro atoms. The largest absolute Gasteiger partial charge is 0.465 e. The van der Waals surface area contributed by atoms with Crippen molar-refractivity contribution in [3.05, 3.63) is 35.4 Å². The van der Waals surface area contributed by atoms with Gasteiger partial charge in [0, 0.05) is 18.4 Å². The molecule has 0 unspecified atom stereocenters. The number of ether oxygens (including phenoxy) is 1. The zero-order valence-electron chi connectivity index (χ0n) is 12.8. The summed E-state index contributed by atoms with van der Waals surface area (Å²) in [5.74, 6) is -2.88. The number of carbonyl (C=O) groups excluding carboxylic acids is 4. The summed E-state index contributed by atoms with van der Waals surface area (Å²) in [5, 5.41) is 0. The Morgan fingerprint density at radius 2 is 1.45 bits per heavy atom. The molecule has 1 aliphatic carbocycles. The maximum absolute atomic E-state index is 12.4. The van der Waals surface area contributed by atoms with Crippen LogP contribution in [0.2, 0.25) is 0 Å². The summed E-state index contributed by atoms with van der Waals surface area (Å²) in [7, 11) is 1.27. The van der Waals surface area contributed by atoms with Crippen LogP contribution in [0, 0.1) is 11.3 Å². The molecule has 5 heteroatoms. The average Bonchev–Trinajstić information content (AvgIpc) is 2.44. The fourth-order valence-electron chi connectivity index (χ4n) is 2.74. The molecule has 0 aliphatic heterocycles. The normalized spacial score (nSPS) is 18.1. The minimum Gasteiger partial charge on any atom is -0.465 e. The van der Waals surface area contributed by atoms with Gasteiger partial charge in [0.2, 0.25) is 0 Å². The number of hydrogen-bond acceptors (Lipinski definition) is 5. The van der Waals surface area contributed by atoms with Gasteiger partial charge >= 0.3 is 5.97 Å². The Morgan fingerprint density at radius 3 is 1.91 bits per heavy atom. The van der Waals surface area contributed by atoms with Gasteiger partial charge in [-0.05, 0) is 17.5 Å². The highest BCUT2D eigenvalue weighted by atomic mass is 16.5. The van der Waals surface area contributed by atoms with Crippen molar-refractivity contribution in [2.24, 2.45) is 11.3 Å². The number of benzene rings is 1. The Kier molecular flexibility index (Phi) is 4.26. The summed E-state index contributed by atoms with van der Waals surface area (Å²) >= 11 is 0. The highest BCUT2D eigenvalue weighted by molar-refractivity contribution is 6.25. The van der Waals surface area contributed by atoms with Gasteiger partial charge in [-0.3, -0.25) is 14.4 Å². The molecule has 0 aromatic heterocycles. The molecule has 0 amide bonds. The first-order valence-corrected chi connectivity index (χ1v) is 7.03. The molecule has 0 bridgehead atoms. The fraction of sp³-hybridized carbons (Fsp3) is 0.412. The summed E-state index contributed by atoms with van der Waals surface area (Å²) in [5.41, 5.74) is 0.167. The molecule has 1 fully saturated rings. The number of methoxy groups -OCH3 is 1. The van der Waals surface area contributed by atoms with E-state index >= 15 is 0 Å². The van der Waals surface area contributed by atoms with E-state index in [1.165, 1.54) is 31.4 Å². The number of hydrogen-bond donors (Lipinski definition) is 0. The highest BCUT2D eigenvalue weighted by Gasteiger charge is 2.43. The Balaban J connectivity index is 2.23. The Hall–Kier alpha value is -2.30. The van der Waals surface area contributed by atoms with Crippen LogP contribution in [0.1, 0.15) is 47.4 Å². The van der Waals surface area contributed by atoms with Gasteiger partial charge in [-0.25, -0.2) is 4.79 Å². The smallest absolute Gasteiger partial charge is 0.337 e. The topological polar surface area (TPSA) is 77.5 Å². The molecule has 116 valence electrons. The first-order chi connectivity index (χ1) is 10.2. The summed E-state index contributed by atoms with van der Waals surface area (Å²) in [4.78, 5) is 48.1. The van der Waals surface area contributed by atoms with Crippen LogP contribution < -0.4 is 0 Å². The van der Waals surface area contributed by atoms with Crippen molar-refractivity contribution in [3.63, 3.8) is 0 Å². The second-order valence-electron chi connectivity index (χ2n) is 6.32. The third-order valence-electron chi connectivity index (χ3n) is 3.80. The van der Waals surface area contributed by atoms with Crippen LogP contribution in [0.25, 0.3) is 0 Å². The minimum absolute atomic E-state index is 0.218. The SMILES string of the molecule is COC(=O)c1ccc(C(=O)C2C(=O)CC(C)(C)CC2=O)cc1. The van der Waals surface area contributed by atoms with Crippen LogP contribution in [0.4, 0.5) is 0 Å². The van der Waals surface area contributed by atoms with Gasteiger partial charge in [0.15, 0.2) is 17.3 Å². The molecule has 5 nitrogen and oxygen atoms in total. The van der Waals surface area contributed by atoms with Crippen LogP contribution in [-0.2, 0) is 14.3 Å². The lowest BCUT2D eigenvalue weighted by atomic mass is 9.70. The van der Waals surface area contributed by atoms with Crippen molar-refractivity contribution in [1.29, 1.82) is 0 Å². The van der Waals surface area contributed by atoms with E-state index in [4.69, 9.17) is 0 Å². The maximum atomic E-state index is 12.4. The van der Waals surface area contributed by atoms with Crippen molar-refractivity contribution in [3.8, 4) is 0 Å². The van der Waals surface area contributed by atoms with E-state index in [0.29, 0.717) is 5.56 Å². The van der Waals surface area contributed by atoms with Gasteiger partial charge in [-0.15, -0.1) is 0 Å². The predicted octanol–water partition coefficient (Wildman–Crippen LogP) is 2.23. The summed E-state index contributed by atoms with van der Waals surface area (Å²) < 4.78 is 4.58. The van der Waals surface area contributed by atoms with E-state index in [-0.39, 0.29) is 35.4 Å². The Labute approximate surface area is 128 Å². The molecule has 0 heterocycles. The number of rotatable bonds is 3. The number of ketones is 3. The summed E-state index contributed by atoms with van der Waals surface area (Å²) in [6, 6.07) is 5.77. The number of esters is 1. The van der Waals surface area contributed by atoms with Gasteiger partial charge in [0.05, 0.1) is 12.7 Å². The molecule has 1 aromatic rings. The third-order valence-corrected chi connectivity index (χ3v) is 3.80. The maximum Gasteiger partial charge on any atom is 0.337 e. The van der Waals surface area contributed by atoms with Crippen molar-refractivity contribution in [2.45, 2.75) is 26.7 Å². The van der Waals surface area contributed by atoms with E-state index in [1.807, 2.05) is 13.8 Å². The molecular formula is C17H18O5. The highest BCUT2D eigenvalue weighted by Crippen LogP contribution is 2.35. The van der Waals surface area contributed by atoms with Gasteiger partial charge in [-0.2, -0.15) is 0 Å². The van der Waals surface area contributed by atoms with E-state index in [0.717, 1.165) is 0 Å². The molecule has 1 saturated carbocycles. The molecule has 0 N–H and O–H groups in total. The first-order valence-electron chi connectivity index (χ1n) is 7.03. The number of carbonyl (C=O) groups is 4. The lowest BCUT2D eigenvalue weighted by molar-refractivity contribution is -0.137. The Bertz CT molecular complexity index is 620. The van der Waals surface area contributed by atoms with Gasteiger partial charge in [0.1, 0.15) is 5.92 Å². The van der Waals surface area contributed by atoms with Crippen molar-refractivity contribution in [2.75, 3.05) is 7.11 Å². The minimum atomic E-state index is -1.21. The lowest BCUT2D eigenvalue weighted by Crippen LogP contribution is -2.41. The van der Waals surface area contributed by atoms with Crippen molar-refractivity contribution in [1.82, 2.24) is 0 Å². The van der Waals surface area contributed by atoms with E-state index < -0.39 is 17.7 Å². The summed E-state index contributed by atoms with van der Waals surface area (Å²) in [6.45, 7) is 3.68. The van der Waals surface area contributed by atoms with Crippen LogP contribution in [0.3, 0.4) is 0 Å². The first kappa shape index (κ1) is 16.1. The third kappa shape index (κ3) is 3.13. The molecule has 0 radical (unpaired) electrons. The van der Waals surface area contributed by atoms with E-state index in [9.17, 15) is 19.2 Å². The van der Waals surface area contributed by atoms with Crippen LogP contribution in [0.5, 0.6) is 0 Å². The van der Waals surface area contributed by atoms with Crippen LogP contribution >= 0.6 is 0 Å². The van der Waals surface area contributed by atoms with Gasteiger partial charge < -0.3 is 4.74 Å². The standard InChI is InChI=1S/C17H18O5/c1-17(2)8-12(18)14(13(19)9-17)15(20)10-4-6-11(7-5-10)16(21)22-3/h4-7,14H,8-9H2,1-3H3. The molecular weight excluding hydrogens is 284 g/mol. The van der Waals surface area contributed by atoms with Gasteiger partial charge in [0.25, 0.3) is 0 Å². The van der Waals surface area contributed by atoms with Gasteiger partial charge in [-0.1, -0.05) is 26.0 Å². The number of Topliss-reactive ketones (excluding diaryl/α,β-unsaturated/α-hetero) is 3. The molecule has 0 saturated heterocycles. The quantitative estimate of drug-likeness (QED) is 0.486. The zero-order valence-corrected chi connectivity index (χ0v) is 12.8. The molecule has 0 atom stereocenters. The fourth-order valence-corrected chi connectivity index (χ4v) is 2.74. The van der Waals surface area contributed by atoms with Crippen LogP contribution in [0.15, 0.2) is 24.3 Å². The second kappa shape index (κ2) is 5.83. The monoisotopic (exact) mass is 302 g/mol. The zero-order chi connectivity index (χ0) is 16.5. The average molecular weight is 302 g/mol. The van der Waals surface area contributed by atoms with Crippen molar-refractivity contribution >= 4 is 23.3 Å². The van der Waals surface area contributed by atoms with Crippen molar-refractivity contribution < 1.29 is 23.9 Å². The second-order valence-corrected chi connectivity index (χ2v) is 6.32. The molecule has 22 heavy (non-hydrogen) atoms. The summed E-state index contributed by atoms with van der Waals surface area (Å²) in [6.07, 6.45) is 0.435. The lowest BCUT2D eigenvalue weighted by Gasteiger charge is -2.31. The molecule has 2 rings (SSSR count). The molecule has 1 aliphatic rings. The predicted molar refractivity (Wildman–Crippen MR) is 78.6 cm³/mol. The van der Waals surface area contributed by atoms with E-state index in [2.05, 4.69) is 4.74 Å². The Morgan fingerprint density at radius 1 is 1.00 bits per heavy atom. The van der Waals surface area contributed by atoms with E-state index in [1.54, 1.807) is 0 Å².